The van der Waals surface area contributed by atoms with Crippen molar-refractivity contribution in [2.75, 3.05) is 50.8 Å². The topological polar surface area (TPSA) is 44.8 Å². The van der Waals surface area contributed by atoms with Crippen LogP contribution in [0.15, 0.2) is 18.2 Å². The molecule has 20 heavy (non-hydrogen) atoms. The first-order valence-corrected chi connectivity index (χ1v) is 7.21. The smallest absolute Gasteiger partial charge is 0.241 e. The molecule has 2 aliphatic rings. The molecule has 0 aliphatic carbocycles. The SMILES string of the molecule is Cc1ccc2c(c1)N(C(=O)CN1CCNCC1)CCO2. The van der Waals surface area contributed by atoms with E-state index in [-0.39, 0.29) is 5.91 Å². The van der Waals surface area contributed by atoms with Crippen LogP contribution in [-0.2, 0) is 4.79 Å². The molecule has 0 unspecified atom stereocenters. The molecule has 0 atom stereocenters. The Labute approximate surface area is 119 Å². The average Bonchev–Trinajstić information content (AvgIpc) is 2.47. The van der Waals surface area contributed by atoms with Crippen LogP contribution < -0.4 is 15.0 Å². The molecular formula is C15H21N3O2. The van der Waals surface area contributed by atoms with Crippen LogP contribution in [0.1, 0.15) is 5.56 Å². The van der Waals surface area contributed by atoms with E-state index in [9.17, 15) is 4.79 Å². The van der Waals surface area contributed by atoms with Crippen LogP contribution in [0, 0.1) is 6.92 Å². The van der Waals surface area contributed by atoms with Crippen LogP contribution in [0.5, 0.6) is 5.75 Å². The summed E-state index contributed by atoms with van der Waals surface area (Å²) in [5, 5.41) is 3.30. The Morgan fingerprint density at radius 3 is 2.90 bits per heavy atom. The first-order chi connectivity index (χ1) is 9.74. The summed E-state index contributed by atoms with van der Waals surface area (Å²) in [7, 11) is 0. The highest BCUT2D eigenvalue weighted by Gasteiger charge is 2.25. The number of nitrogens with one attached hydrogen (secondary N) is 1. The first kappa shape index (κ1) is 13.4. The number of hydrogen-bond acceptors (Lipinski definition) is 4. The molecule has 1 fully saturated rings. The van der Waals surface area contributed by atoms with E-state index in [1.807, 2.05) is 30.0 Å². The van der Waals surface area contributed by atoms with Crippen molar-refractivity contribution in [1.29, 1.82) is 0 Å². The van der Waals surface area contributed by atoms with Gasteiger partial charge in [-0.3, -0.25) is 9.69 Å². The lowest BCUT2D eigenvalue weighted by Crippen LogP contribution is -2.49. The van der Waals surface area contributed by atoms with E-state index in [0.717, 1.165) is 43.2 Å². The largest absolute Gasteiger partial charge is 0.490 e. The Morgan fingerprint density at radius 1 is 1.30 bits per heavy atom. The first-order valence-electron chi connectivity index (χ1n) is 7.21. The quantitative estimate of drug-likeness (QED) is 0.860. The summed E-state index contributed by atoms with van der Waals surface area (Å²) in [5.41, 5.74) is 2.06. The second kappa shape index (κ2) is 5.81. The number of fused-ring (bicyclic) bond motifs is 1. The van der Waals surface area contributed by atoms with Gasteiger partial charge in [0.15, 0.2) is 0 Å². The highest BCUT2D eigenvalue weighted by Crippen LogP contribution is 2.32. The lowest BCUT2D eigenvalue weighted by Gasteiger charge is -2.33. The number of anilines is 1. The van der Waals surface area contributed by atoms with E-state index < -0.39 is 0 Å². The summed E-state index contributed by atoms with van der Waals surface area (Å²) >= 11 is 0. The molecule has 108 valence electrons. The molecule has 2 aliphatic heterocycles. The third-order valence-corrected chi connectivity index (χ3v) is 3.85. The zero-order valence-electron chi connectivity index (χ0n) is 11.9. The van der Waals surface area contributed by atoms with Crippen molar-refractivity contribution < 1.29 is 9.53 Å². The number of carbonyl (C=O) groups excluding carboxylic acids is 1. The molecule has 3 rings (SSSR count). The lowest BCUT2D eigenvalue weighted by atomic mass is 10.1. The van der Waals surface area contributed by atoms with E-state index in [1.54, 1.807) is 0 Å². The van der Waals surface area contributed by atoms with Crippen molar-refractivity contribution >= 4 is 11.6 Å². The molecule has 1 aromatic carbocycles. The minimum atomic E-state index is 0.169. The standard InChI is InChI=1S/C15H21N3O2/c1-12-2-3-14-13(10-12)18(8-9-20-14)15(19)11-17-6-4-16-5-7-17/h2-3,10,16H,4-9,11H2,1H3. The van der Waals surface area contributed by atoms with Crippen LogP contribution >= 0.6 is 0 Å². The summed E-state index contributed by atoms with van der Waals surface area (Å²) in [6.45, 7) is 7.55. The van der Waals surface area contributed by atoms with Crippen LogP contribution in [-0.4, -0.2) is 56.7 Å². The van der Waals surface area contributed by atoms with Gasteiger partial charge in [-0.05, 0) is 24.6 Å². The predicted octanol–water partition coefficient (Wildman–Crippen LogP) is 0.626. The third-order valence-electron chi connectivity index (χ3n) is 3.85. The summed E-state index contributed by atoms with van der Waals surface area (Å²) in [5.74, 6) is 0.984. The maximum absolute atomic E-state index is 12.5. The number of benzene rings is 1. The molecular weight excluding hydrogens is 254 g/mol. The van der Waals surface area contributed by atoms with Crippen LogP contribution in [0.2, 0.25) is 0 Å². The predicted molar refractivity (Wildman–Crippen MR) is 78.3 cm³/mol. The average molecular weight is 275 g/mol. The minimum absolute atomic E-state index is 0.169. The van der Waals surface area contributed by atoms with E-state index >= 15 is 0 Å². The molecule has 5 nitrogen and oxygen atoms in total. The van der Waals surface area contributed by atoms with Gasteiger partial charge in [0.25, 0.3) is 0 Å². The number of ether oxygens (including phenoxy) is 1. The summed E-state index contributed by atoms with van der Waals surface area (Å²) in [4.78, 5) is 16.6. The molecule has 0 aromatic heterocycles. The molecule has 0 saturated carbocycles. The molecule has 0 bridgehead atoms. The van der Waals surface area contributed by atoms with Crippen molar-refractivity contribution in [3.63, 3.8) is 0 Å². The van der Waals surface area contributed by atoms with Crippen molar-refractivity contribution in [3.05, 3.63) is 23.8 Å². The fourth-order valence-corrected chi connectivity index (χ4v) is 2.73. The molecule has 1 aromatic rings. The molecule has 1 N–H and O–H groups in total. The third kappa shape index (κ3) is 2.78. The van der Waals surface area contributed by atoms with Gasteiger partial charge in [0.05, 0.1) is 18.8 Å². The second-order valence-corrected chi connectivity index (χ2v) is 5.39. The number of aryl methyl sites for hydroxylation is 1. The molecule has 1 amide bonds. The normalized spacial score (nSPS) is 19.4. The molecule has 5 heteroatoms. The van der Waals surface area contributed by atoms with E-state index in [4.69, 9.17) is 4.74 Å². The highest BCUT2D eigenvalue weighted by molar-refractivity contribution is 5.96. The monoisotopic (exact) mass is 275 g/mol. The molecule has 1 saturated heterocycles. The number of hydrogen-bond donors (Lipinski definition) is 1. The van der Waals surface area contributed by atoms with Gasteiger partial charge >= 0.3 is 0 Å². The van der Waals surface area contributed by atoms with Crippen LogP contribution in [0.3, 0.4) is 0 Å². The fraction of sp³-hybridized carbons (Fsp3) is 0.533. The van der Waals surface area contributed by atoms with Gasteiger partial charge in [-0.25, -0.2) is 0 Å². The van der Waals surface area contributed by atoms with Gasteiger partial charge < -0.3 is 15.0 Å². The van der Waals surface area contributed by atoms with Gasteiger partial charge in [-0.15, -0.1) is 0 Å². The molecule has 2 heterocycles. The maximum atomic E-state index is 12.5. The van der Waals surface area contributed by atoms with Crippen molar-refractivity contribution in [3.8, 4) is 5.75 Å². The highest BCUT2D eigenvalue weighted by atomic mass is 16.5. The number of piperazine rings is 1. The van der Waals surface area contributed by atoms with Crippen molar-refractivity contribution in [1.82, 2.24) is 10.2 Å². The Morgan fingerprint density at radius 2 is 2.10 bits per heavy atom. The zero-order chi connectivity index (χ0) is 13.9. The second-order valence-electron chi connectivity index (χ2n) is 5.39. The number of nitrogens with zero attached hydrogens (tertiary/aromatic N) is 2. The van der Waals surface area contributed by atoms with Crippen LogP contribution in [0.25, 0.3) is 0 Å². The molecule has 0 spiro atoms. The Bertz CT molecular complexity index is 498. The number of carbonyl (C=O) groups is 1. The van der Waals surface area contributed by atoms with Gasteiger partial charge in [-0.2, -0.15) is 0 Å². The Hall–Kier alpha value is -1.59. The zero-order valence-corrected chi connectivity index (χ0v) is 11.9. The van der Waals surface area contributed by atoms with Crippen molar-refractivity contribution in [2.45, 2.75) is 6.92 Å². The minimum Gasteiger partial charge on any atom is -0.490 e. The number of rotatable bonds is 2. The Balaban J connectivity index is 1.74. The molecule has 0 radical (unpaired) electrons. The maximum Gasteiger partial charge on any atom is 0.241 e. The van der Waals surface area contributed by atoms with Gasteiger partial charge in [0.1, 0.15) is 12.4 Å². The van der Waals surface area contributed by atoms with Crippen molar-refractivity contribution in [2.24, 2.45) is 0 Å². The summed E-state index contributed by atoms with van der Waals surface area (Å²) in [6.07, 6.45) is 0. The van der Waals surface area contributed by atoms with E-state index in [0.29, 0.717) is 19.7 Å². The summed E-state index contributed by atoms with van der Waals surface area (Å²) < 4.78 is 5.63. The fourth-order valence-electron chi connectivity index (χ4n) is 2.73. The lowest BCUT2D eigenvalue weighted by molar-refractivity contribution is -0.120. The summed E-state index contributed by atoms with van der Waals surface area (Å²) in [6, 6.07) is 6.00. The Kier molecular flexibility index (Phi) is 3.89. The van der Waals surface area contributed by atoms with E-state index in [1.165, 1.54) is 0 Å². The van der Waals surface area contributed by atoms with Gasteiger partial charge in [-0.1, -0.05) is 6.07 Å². The van der Waals surface area contributed by atoms with E-state index in [2.05, 4.69) is 10.2 Å². The van der Waals surface area contributed by atoms with Gasteiger partial charge in [0.2, 0.25) is 5.91 Å². The number of amides is 1. The van der Waals surface area contributed by atoms with Gasteiger partial charge in [0, 0.05) is 26.2 Å². The van der Waals surface area contributed by atoms with Crippen LogP contribution in [0.4, 0.5) is 5.69 Å².